The number of hydrogen-bond donors (Lipinski definition) is 3. The normalized spacial score (nSPS) is 12.2. The van der Waals surface area contributed by atoms with Gasteiger partial charge in [0.1, 0.15) is 0 Å². The maximum absolute atomic E-state index is 10.9. The van der Waals surface area contributed by atoms with Crippen LogP contribution in [0.1, 0.15) is 13.3 Å². The molecule has 0 atom stereocenters. The molecule has 0 aliphatic rings. The van der Waals surface area contributed by atoms with Crippen LogP contribution in [-0.4, -0.2) is 52.6 Å². The van der Waals surface area contributed by atoms with Gasteiger partial charge in [0.15, 0.2) is 5.96 Å². The van der Waals surface area contributed by atoms with Gasteiger partial charge >= 0.3 is 0 Å². The quantitative estimate of drug-likeness (QED) is 0.254. The molecule has 0 aliphatic heterocycles. The molecular formula is C15H26N4O2S2. The van der Waals surface area contributed by atoms with Gasteiger partial charge in [0.25, 0.3) is 0 Å². The van der Waals surface area contributed by atoms with Crippen LogP contribution in [0.25, 0.3) is 0 Å². The van der Waals surface area contributed by atoms with E-state index in [-0.39, 0.29) is 0 Å². The smallest absolute Gasteiger partial charge is 0.208 e. The van der Waals surface area contributed by atoms with E-state index in [0.717, 1.165) is 31.1 Å². The summed E-state index contributed by atoms with van der Waals surface area (Å²) in [6.45, 7) is 4.60. The van der Waals surface area contributed by atoms with Crippen molar-refractivity contribution in [2.75, 3.05) is 38.2 Å². The Hall–Kier alpha value is -1.25. The van der Waals surface area contributed by atoms with Gasteiger partial charge in [-0.15, -0.1) is 11.8 Å². The second kappa shape index (κ2) is 11.3. The number of nitrogens with zero attached hydrogens (tertiary/aromatic N) is 1. The Labute approximate surface area is 143 Å². The molecule has 0 radical (unpaired) electrons. The zero-order valence-corrected chi connectivity index (χ0v) is 15.3. The summed E-state index contributed by atoms with van der Waals surface area (Å²) >= 11 is 1.79. The molecule has 0 spiro atoms. The third kappa shape index (κ3) is 11.0. The Morgan fingerprint density at radius 3 is 2.57 bits per heavy atom. The van der Waals surface area contributed by atoms with Crippen molar-refractivity contribution in [2.24, 2.45) is 4.99 Å². The summed E-state index contributed by atoms with van der Waals surface area (Å²) in [5.41, 5.74) is 0. The van der Waals surface area contributed by atoms with Crippen LogP contribution in [0, 0.1) is 0 Å². The van der Waals surface area contributed by atoms with Gasteiger partial charge < -0.3 is 10.6 Å². The van der Waals surface area contributed by atoms with Crippen molar-refractivity contribution < 1.29 is 8.42 Å². The van der Waals surface area contributed by atoms with Crippen molar-refractivity contribution in [3.63, 3.8) is 0 Å². The van der Waals surface area contributed by atoms with Crippen LogP contribution < -0.4 is 15.4 Å². The van der Waals surface area contributed by atoms with Crippen molar-refractivity contribution in [2.45, 2.75) is 18.2 Å². The molecule has 23 heavy (non-hydrogen) atoms. The van der Waals surface area contributed by atoms with E-state index in [9.17, 15) is 8.42 Å². The maximum atomic E-state index is 10.9. The first-order chi connectivity index (χ1) is 11.0. The zero-order chi connectivity index (χ0) is 17.0. The van der Waals surface area contributed by atoms with Crippen LogP contribution in [0.15, 0.2) is 40.2 Å². The lowest BCUT2D eigenvalue weighted by Crippen LogP contribution is -2.38. The summed E-state index contributed by atoms with van der Waals surface area (Å²) in [5, 5.41) is 6.46. The summed E-state index contributed by atoms with van der Waals surface area (Å²) in [6, 6.07) is 10.3. The molecule has 8 heteroatoms. The van der Waals surface area contributed by atoms with Crippen molar-refractivity contribution in [3.8, 4) is 0 Å². The average molecular weight is 359 g/mol. The Bertz CT molecular complexity index is 562. The fourth-order valence-electron chi connectivity index (χ4n) is 1.72. The Morgan fingerprint density at radius 1 is 1.17 bits per heavy atom. The van der Waals surface area contributed by atoms with E-state index in [1.807, 2.05) is 25.1 Å². The first-order valence-electron chi connectivity index (χ1n) is 7.66. The second-order valence-electron chi connectivity index (χ2n) is 4.87. The van der Waals surface area contributed by atoms with Crippen LogP contribution in [0.2, 0.25) is 0 Å². The lowest BCUT2D eigenvalue weighted by molar-refractivity contribution is 0.585. The highest BCUT2D eigenvalue weighted by atomic mass is 32.2. The van der Waals surface area contributed by atoms with Crippen molar-refractivity contribution in [1.29, 1.82) is 0 Å². The summed E-state index contributed by atoms with van der Waals surface area (Å²) < 4.78 is 24.4. The Morgan fingerprint density at radius 2 is 1.91 bits per heavy atom. The van der Waals surface area contributed by atoms with E-state index in [1.54, 1.807) is 11.8 Å². The molecule has 3 N–H and O–H groups in total. The van der Waals surface area contributed by atoms with Gasteiger partial charge in [-0.1, -0.05) is 18.2 Å². The lowest BCUT2D eigenvalue weighted by Gasteiger charge is -2.11. The molecule has 0 bridgehead atoms. The number of nitrogens with one attached hydrogen (secondary N) is 3. The summed E-state index contributed by atoms with van der Waals surface area (Å²) in [6.07, 6.45) is 1.83. The van der Waals surface area contributed by atoms with Crippen LogP contribution >= 0.6 is 11.8 Å². The standard InChI is InChI=1S/C15H26N4O2S2/c1-3-16-15(17-10-7-11-19-23(2,20)21)18-12-13-22-14-8-5-4-6-9-14/h4-6,8-9,19H,3,7,10-13H2,1-2H3,(H2,16,17,18). The highest BCUT2D eigenvalue weighted by molar-refractivity contribution is 7.99. The zero-order valence-electron chi connectivity index (χ0n) is 13.7. The second-order valence-corrected chi connectivity index (χ2v) is 7.87. The third-order valence-corrected chi connectivity index (χ3v) is 4.46. The number of guanidine groups is 1. The number of sulfonamides is 1. The van der Waals surface area contributed by atoms with E-state index < -0.39 is 10.0 Å². The predicted molar refractivity (Wildman–Crippen MR) is 98.6 cm³/mol. The molecule has 0 amide bonds. The summed E-state index contributed by atoms with van der Waals surface area (Å²) in [7, 11) is -3.11. The molecule has 0 saturated carbocycles. The van der Waals surface area contributed by atoms with E-state index in [2.05, 4.69) is 32.5 Å². The fourth-order valence-corrected chi connectivity index (χ4v) is 3.03. The highest BCUT2D eigenvalue weighted by Crippen LogP contribution is 2.15. The molecule has 1 rings (SSSR count). The molecule has 0 heterocycles. The van der Waals surface area contributed by atoms with Gasteiger partial charge in [0.05, 0.1) is 6.26 Å². The lowest BCUT2D eigenvalue weighted by atomic mass is 10.4. The summed E-state index contributed by atoms with van der Waals surface area (Å²) in [4.78, 5) is 5.68. The van der Waals surface area contributed by atoms with Crippen LogP contribution in [-0.2, 0) is 10.0 Å². The molecule has 0 aromatic heterocycles. The van der Waals surface area contributed by atoms with E-state index in [1.165, 1.54) is 4.90 Å². The third-order valence-electron chi connectivity index (χ3n) is 2.72. The summed E-state index contributed by atoms with van der Waals surface area (Å²) in [5.74, 6) is 1.71. The van der Waals surface area contributed by atoms with Crippen LogP contribution in [0.4, 0.5) is 0 Å². The molecule has 1 aromatic carbocycles. The van der Waals surface area contributed by atoms with E-state index in [4.69, 9.17) is 0 Å². The molecule has 0 unspecified atom stereocenters. The molecule has 0 fully saturated rings. The maximum Gasteiger partial charge on any atom is 0.208 e. The number of hydrogen-bond acceptors (Lipinski definition) is 4. The fraction of sp³-hybridized carbons (Fsp3) is 0.533. The van der Waals surface area contributed by atoms with E-state index >= 15 is 0 Å². The van der Waals surface area contributed by atoms with Crippen LogP contribution in [0.3, 0.4) is 0 Å². The molecule has 0 aliphatic carbocycles. The molecule has 1 aromatic rings. The Kier molecular flexibility index (Phi) is 9.74. The molecule has 130 valence electrons. The van der Waals surface area contributed by atoms with Crippen molar-refractivity contribution >= 4 is 27.7 Å². The SMILES string of the molecule is CCNC(=NCCCNS(C)(=O)=O)NCCSc1ccccc1. The van der Waals surface area contributed by atoms with Crippen LogP contribution in [0.5, 0.6) is 0 Å². The average Bonchev–Trinajstić information content (AvgIpc) is 2.51. The van der Waals surface area contributed by atoms with Gasteiger partial charge in [-0.05, 0) is 25.5 Å². The number of thioether (sulfide) groups is 1. The monoisotopic (exact) mass is 358 g/mol. The number of benzene rings is 1. The molecular weight excluding hydrogens is 332 g/mol. The Balaban J connectivity index is 2.23. The minimum Gasteiger partial charge on any atom is -0.357 e. The molecule has 6 nitrogen and oxygen atoms in total. The minimum absolute atomic E-state index is 0.408. The van der Waals surface area contributed by atoms with Crippen molar-refractivity contribution in [1.82, 2.24) is 15.4 Å². The van der Waals surface area contributed by atoms with Gasteiger partial charge in [-0.3, -0.25) is 4.99 Å². The van der Waals surface area contributed by atoms with Gasteiger partial charge in [0, 0.05) is 36.8 Å². The highest BCUT2D eigenvalue weighted by Gasteiger charge is 2.00. The van der Waals surface area contributed by atoms with Gasteiger partial charge in [-0.2, -0.15) is 0 Å². The van der Waals surface area contributed by atoms with Gasteiger partial charge in [-0.25, -0.2) is 13.1 Å². The predicted octanol–water partition coefficient (Wildman–Crippen LogP) is 1.27. The first kappa shape index (κ1) is 19.8. The topological polar surface area (TPSA) is 82.6 Å². The number of rotatable bonds is 10. The van der Waals surface area contributed by atoms with E-state index in [0.29, 0.717) is 19.5 Å². The van der Waals surface area contributed by atoms with Crippen molar-refractivity contribution in [3.05, 3.63) is 30.3 Å². The first-order valence-corrected chi connectivity index (χ1v) is 10.5. The minimum atomic E-state index is -3.11. The number of aliphatic imine (C=N–C) groups is 1. The molecule has 0 saturated heterocycles. The largest absolute Gasteiger partial charge is 0.357 e. The van der Waals surface area contributed by atoms with Gasteiger partial charge in [0.2, 0.25) is 10.0 Å².